The first kappa shape index (κ1) is 17.8. The van der Waals surface area contributed by atoms with Gasteiger partial charge < -0.3 is 4.74 Å². The molecule has 0 saturated heterocycles. The van der Waals surface area contributed by atoms with Crippen molar-refractivity contribution in [3.63, 3.8) is 0 Å². The molecule has 3 nitrogen and oxygen atoms in total. The molecule has 0 radical (unpaired) electrons. The topological polar surface area (TPSA) is 50.1 Å². The summed E-state index contributed by atoms with van der Waals surface area (Å²) < 4.78 is 5.14. The molecule has 0 fully saturated rings. The summed E-state index contributed by atoms with van der Waals surface area (Å²) in [4.78, 5) is 12.3. The van der Waals surface area contributed by atoms with Gasteiger partial charge in [0.1, 0.15) is 0 Å². The molecule has 1 atom stereocenters. The molecule has 0 aliphatic rings. The Labute approximate surface area is 147 Å². The van der Waals surface area contributed by atoms with E-state index < -0.39 is 11.9 Å². The molecule has 2 aromatic carbocycles. The lowest BCUT2D eigenvalue weighted by Crippen LogP contribution is -2.10. The van der Waals surface area contributed by atoms with Crippen LogP contribution >= 0.6 is 11.6 Å². The molecule has 0 amide bonds. The van der Waals surface area contributed by atoms with Crippen LogP contribution in [0.2, 0.25) is 5.02 Å². The van der Waals surface area contributed by atoms with Crippen molar-refractivity contribution in [2.24, 2.45) is 0 Å². The van der Waals surface area contributed by atoms with Crippen LogP contribution < -0.4 is 0 Å². The van der Waals surface area contributed by atoms with Crippen LogP contribution in [0, 0.1) is 11.3 Å². The van der Waals surface area contributed by atoms with E-state index >= 15 is 0 Å². The number of esters is 1. The molecule has 24 heavy (non-hydrogen) atoms. The van der Waals surface area contributed by atoms with Gasteiger partial charge in [-0.1, -0.05) is 54.1 Å². The Hall–Kier alpha value is -2.57. The van der Waals surface area contributed by atoms with Crippen molar-refractivity contribution < 1.29 is 9.53 Å². The lowest BCUT2D eigenvalue weighted by molar-refractivity contribution is -0.138. The zero-order valence-electron chi connectivity index (χ0n) is 13.4. The van der Waals surface area contributed by atoms with Crippen molar-refractivity contribution in [3.8, 4) is 6.07 Å². The highest BCUT2D eigenvalue weighted by molar-refractivity contribution is 6.30. The third-order valence-corrected chi connectivity index (χ3v) is 3.78. The zero-order chi connectivity index (χ0) is 17.4. The molecule has 2 rings (SSSR count). The van der Waals surface area contributed by atoms with E-state index in [4.69, 9.17) is 16.3 Å². The number of hydrogen-bond acceptors (Lipinski definition) is 3. The average Bonchev–Trinajstić information content (AvgIpc) is 2.61. The SMILES string of the molecule is CCOC(=O)/C(=C\c1ccc(Cl)cc1)CC(C#N)c1ccccc1. The second-order valence-corrected chi connectivity index (χ2v) is 5.67. The van der Waals surface area contributed by atoms with Gasteiger partial charge in [0.05, 0.1) is 18.6 Å². The molecule has 4 heteroatoms. The van der Waals surface area contributed by atoms with Gasteiger partial charge in [-0.2, -0.15) is 5.26 Å². The van der Waals surface area contributed by atoms with Crippen molar-refractivity contribution in [2.75, 3.05) is 6.61 Å². The quantitative estimate of drug-likeness (QED) is 0.550. The van der Waals surface area contributed by atoms with E-state index in [1.165, 1.54) is 0 Å². The Morgan fingerprint density at radius 3 is 2.46 bits per heavy atom. The van der Waals surface area contributed by atoms with E-state index in [1.54, 1.807) is 25.1 Å². The third-order valence-electron chi connectivity index (χ3n) is 3.53. The Morgan fingerprint density at radius 2 is 1.88 bits per heavy atom. The van der Waals surface area contributed by atoms with Gasteiger partial charge in [0, 0.05) is 10.6 Å². The summed E-state index contributed by atoms with van der Waals surface area (Å²) in [5.74, 6) is -0.808. The van der Waals surface area contributed by atoms with Crippen LogP contribution in [0.15, 0.2) is 60.2 Å². The highest BCUT2D eigenvalue weighted by Gasteiger charge is 2.18. The van der Waals surface area contributed by atoms with Crippen molar-refractivity contribution in [1.29, 1.82) is 5.26 Å². The predicted molar refractivity (Wildman–Crippen MR) is 95.5 cm³/mol. The minimum absolute atomic E-state index is 0.291. The maximum Gasteiger partial charge on any atom is 0.334 e. The largest absolute Gasteiger partial charge is 0.463 e. The molecular weight excluding hydrogens is 322 g/mol. The van der Waals surface area contributed by atoms with Crippen LogP contribution in [0.4, 0.5) is 0 Å². The van der Waals surface area contributed by atoms with E-state index in [-0.39, 0.29) is 0 Å². The van der Waals surface area contributed by atoms with E-state index in [1.807, 2.05) is 42.5 Å². The van der Waals surface area contributed by atoms with E-state index in [0.29, 0.717) is 23.6 Å². The number of nitriles is 1. The van der Waals surface area contributed by atoms with Crippen LogP contribution in [0.1, 0.15) is 30.4 Å². The number of benzene rings is 2. The zero-order valence-corrected chi connectivity index (χ0v) is 14.2. The molecule has 2 aromatic rings. The fourth-order valence-corrected chi connectivity index (χ4v) is 2.45. The smallest absolute Gasteiger partial charge is 0.334 e. The van der Waals surface area contributed by atoms with Gasteiger partial charge >= 0.3 is 5.97 Å². The third kappa shape index (κ3) is 4.97. The summed E-state index contributed by atoms with van der Waals surface area (Å²) in [6.45, 7) is 2.05. The molecule has 0 N–H and O–H groups in total. The van der Waals surface area contributed by atoms with Crippen molar-refractivity contribution >= 4 is 23.6 Å². The summed E-state index contributed by atoms with van der Waals surface area (Å²) in [7, 11) is 0. The molecule has 122 valence electrons. The Kier molecular flexibility index (Phi) is 6.60. The summed E-state index contributed by atoms with van der Waals surface area (Å²) >= 11 is 5.89. The molecule has 0 spiro atoms. The number of rotatable bonds is 6. The molecule has 1 unspecified atom stereocenters. The number of hydrogen-bond donors (Lipinski definition) is 0. The van der Waals surface area contributed by atoms with Gasteiger partial charge in [-0.05, 0) is 42.7 Å². The van der Waals surface area contributed by atoms with E-state index in [0.717, 1.165) is 11.1 Å². The summed E-state index contributed by atoms with van der Waals surface area (Å²) in [5.41, 5.74) is 2.19. The molecule has 0 aliphatic heterocycles. The summed E-state index contributed by atoms with van der Waals surface area (Å²) in [6, 6.07) is 18.9. The summed E-state index contributed by atoms with van der Waals surface area (Å²) in [5, 5.41) is 10.1. The molecule has 0 heterocycles. The Bertz CT molecular complexity index is 745. The fourth-order valence-electron chi connectivity index (χ4n) is 2.33. The maximum atomic E-state index is 12.3. The van der Waals surface area contributed by atoms with Gasteiger partial charge in [0.25, 0.3) is 0 Å². The minimum Gasteiger partial charge on any atom is -0.463 e. The monoisotopic (exact) mass is 339 g/mol. The fraction of sp³-hybridized carbons (Fsp3) is 0.200. The van der Waals surface area contributed by atoms with Crippen LogP contribution in [0.3, 0.4) is 0 Å². The van der Waals surface area contributed by atoms with Crippen LogP contribution in [0.5, 0.6) is 0 Å². The van der Waals surface area contributed by atoms with E-state index in [9.17, 15) is 10.1 Å². The highest BCUT2D eigenvalue weighted by Crippen LogP contribution is 2.25. The Balaban J connectivity index is 2.30. The maximum absolute atomic E-state index is 12.3. The summed E-state index contributed by atoms with van der Waals surface area (Å²) in [6.07, 6.45) is 2.05. The van der Waals surface area contributed by atoms with Crippen LogP contribution in [-0.4, -0.2) is 12.6 Å². The molecular formula is C20H18ClNO2. The van der Waals surface area contributed by atoms with Gasteiger partial charge in [-0.3, -0.25) is 0 Å². The normalized spacial score (nSPS) is 12.3. The second kappa shape index (κ2) is 8.90. The second-order valence-electron chi connectivity index (χ2n) is 5.24. The number of ether oxygens (including phenoxy) is 1. The lowest BCUT2D eigenvalue weighted by atomic mass is 9.92. The standard InChI is InChI=1S/C20H18ClNO2/c1-2-24-20(23)17(12-15-8-10-19(21)11-9-15)13-18(14-22)16-6-4-3-5-7-16/h3-12,18H,2,13H2,1H3/b17-12-. The average molecular weight is 340 g/mol. The lowest BCUT2D eigenvalue weighted by Gasteiger charge is -2.12. The van der Waals surface area contributed by atoms with Crippen molar-refractivity contribution in [2.45, 2.75) is 19.3 Å². The number of carbonyl (C=O) groups excluding carboxylic acids is 1. The minimum atomic E-state index is -0.408. The van der Waals surface area contributed by atoms with E-state index in [2.05, 4.69) is 6.07 Å². The van der Waals surface area contributed by atoms with Gasteiger partial charge in [0.2, 0.25) is 0 Å². The molecule has 0 aliphatic carbocycles. The van der Waals surface area contributed by atoms with Crippen LogP contribution in [-0.2, 0) is 9.53 Å². The van der Waals surface area contributed by atoms with Gasteiger partial charge in [-0.15, -0.1) is 0 Å². The van der Waals surface area contributed by atoms with Crippen molar-refractivity contribution in [3.05, 3.63) is 76.3 Å². The first-order chi connectivity index (χ1) is 11.6. The highest BCUT2D eigenvalue weighted by atomic mass is 35.5. The van der Waals surface area contributed by atoms with Gasteiger partial charge in [0.15, 0.2) is 0 Å². The predicted octanol–water partition coefficient (Wildman–Crippen LogP) is 4.98. The van der Waals surface area contributed by atoms with Crippen LogP contribution in [0.25, 0.3) is 6.08 Å². The molecule has 0 saturated carbocycles. The first-order valence-electron chi connectivity index (χ1n) is 7.72. The first-order valence-corrected chi connectivity index (χ1v) is 8.09. The number of carbonyl (C=O) groups is 1. The number of halogens is 1. The number of nitrogens with zero attached hydrogens (tertiary/aromatic N) is 1. The Morgan fingerprint density at radius 1 is 1.21 bits per heavy atom. The van der Waals surface area contributed by atoms with Gasteiger partial charge in [-0.25, -0.2) is 4.79 Å². The molecule has 0 aromatic heterocycles. The molecule has 0 bridgehead atoms. The van der Waals surface area contributed by atoms with Crippen molar-refractivity contribution in [1.82, 2.24) is 0 Å².